The molecular formula is C17H32N4O2. The Hall–Kier alpha value is -1.30. The van der Waals surface area contributed by atoms with E-state index < -0.39 is 0 Å². The zero-order valence-corrected chi connectivity index (χ0v) is 14.6. The highest BCUT2D eigenvalue weighted by atomic mass is 16.2. The van der Waals surface area contributed by atoms with Crippen molar-refractivity contribution in [2.45, 2.75) is 39.5 Å². The van der Waals surface area contributed by atoms with Crippen molar-refractivity contribution in [1.82, 2.24) is 20.9 Å². The molecule has 0 saturated carbocycles. The van der Waals surface area contributed by atoms with Crippen molar-refractivity contribution < 1.29 is 9.59 Å². The third-order valence-electron chi connectivity index (χ3n) is 4.76. The van der Waals surface area contributed by atoms with E-state index in [0.29, 0.717) is 24.9 Å². The summed E-state index contributed by atoms with van der Waals surface area (Å²) in [4.78, 5) is 26.2. The second-order valence-corrected chi connectivity index (χ2v) is 7.30. The number of nitrogens with zero attached hydrogens (tertiary/aromatic N) is 1. The molecule has 2 rings (SSSR count). The van der Waals surface area contributed by atoms with Crippen LogP contribution in [-0.2, 0) is 4.79 Å². The number of rotatable bonds is 6. The number of likely N-dealkylation sites (tertiary alicyclic amines) is 1. The van der Waals surface area contributed by atoms with E-state index >= 15 is 0 Å². The Labute approximate surface area is 139 Å². The van der Waals surface area contributed by atoms with Gasteiger partial charge in [-0.1, -0.05) is 13.8 Å². The van der Waals surface area contributed by atoms with Gasteiger partial charge in [0.2, 0.25) is 5.91 Å². The van der Waals surface area contributed by atoms with Gasteiger partial charge in [-0.15, -0.1) is 0 Å². The fourth-order valence-corrected chi connectivity index (χ4v) is 3.28. The van der Waals surface area contributed by atoms with E-state index in [9.17, 15) is 9.59 Å². The van der Waals surface area contributed by atoms with Gasteiger partial charge in [0.25, 0.3) is 0 Å². The highest BCUT2D eigenvalue weighted by Crippen LogP contribution is 2.17. The predicted octanol–water partition coefficient (Wildman–Crippen LogP) is 1.18. The van der Waals surface area contributed by atoms with Gasteiger partial charge < -0.3 is 20.9 Å². The minimum absolute atomic E-state index is 0.0340. The Kier molecular flexibility index (Phi) is 7.15. The summed E-state index contributed by atoms with van der Waals surface area (Å²) in [7, 11) is 0. The quantitative estimate of drug-likeness (QED) is 0.687. The van der Waals surface area contributed by atoms with Crippen LogP contribution >= 0.6 is 0 Å². The lowest BCUT2D eigenvalue weighted by Gasteiger charge is -2.32. The van der Waals surface area contributed by atoms with Crippen LogP contribution in [0.1, 0.15) is 39.5 Å². The fourth-order valence-electron chi connectivity index (χ4n) is 3.28. The zero-order valence-electron chi connectivity index (χ0n) is 14.6. The molecule has 6 heteroatoms. The molecule has 0 spiro atoms. The summed E-state index contributed by atoms with van der Waals surface area (Å²) in [5.41, 5.74) is 0. The maximum Gasteiger partial charge on any atom is 0.317 e. The number of urea groups is 1. The van der Waals surface area contributed by atoms with Gasteiger partial charge in [0.05, 0.1) is 5.92 Å². The average Bonchev–Trinajstić information content (AvgIpc) is 3.06. The third kappa shape index (κ3) is 6.01. The second kappa shape index (κ2) is 9.11. The van der Waals surface area contributed by atoms with Crippen molar-refractivity contribution in [2.75, 3.05) is 39.3 Å². The molecule has 0 aromatic heterocycles. The summed E-state index contributed by atoms with van der Waals surface area (Å²) < 4.78 is 0. The maximum absolute atomic E-state index is 12.3. The molecule has 2 fully saturated rings. The minimum Gasteiger partial charge on any atom is -0.356 e. The summed E-state index contributed by atoms with van der Waals surface area (Å²) in [6, 6.07) is -0.0340. The van der Waals surface area contributed by atoms with Gasteiger partial charge in [-0.25, -0.2) is 4.79 Å². The minimum atomic E-state index is -0.0600. The molecule has 2 saturated heterocycles. The van der Waals surface area contributed by atoms with Gasteiger partial charge >= 0.3 is 6.03 Å². The molecule has 0 aromatic carbocycles. The number of carbonyl (C=O) groups is 2. The first-order valence-corrected chi connectivity index (χ1v) is 9.07. The maximum atomic E-state index is 12.3. The van der Waals surface area contributed by atoms with Crippen molar-refractivity contribution in [3.8, 4) is 0 Å². The summed E-state index contributed by atoms with van der Waals surface area (Å²) in [6.45, 7) is 9.05. The first-order valence-electron chi connectivity index (χ1n) is 9.07. The molecule has 2 aliphatic heterocycles. The average molecular weight is 324 g/mol. The molecule has 6 nitrogen and oxygen atoms in total. The van der Waals surface area contributed by atoms with E-state index in [1.54, 1.807) is 4.90 Å². The predicted molar refractivity (Wildman–Crippen MR) is 91.1 cm³/mol. The van der Waals surface area contributed by atoms with E-state index in [1.807, 2.05) is 0 Å². The number of piperidine rings is 1. The van der Waals surface area contributed by atoms with Gasteiger partial charge in [0.15, 0.2) is 0 Å². The van der Waals surface area contributed by atoms with Gasteiger partial charge in [-0.3, -0.25) is 4.79 Å². The molecular weight excluding hydrogens is 292 g/mol. The Morgan fingerprint density at radius 3 is 2.78 bits per heavy atom. The lowest BCUT2D eigenvalue weighted by molar-refractivity contribution is -0.126. The van der Waals surface area contributed by atoms with Crippen LogP contribution in [0.5, 0.6) is 0 Å². The molecule has 0 aliphatic carbocycles. The summed E-state index contributed by atoms with van der Waals surface area (Å²) in [6.07, 6.45) is 4.04. The Morgan fingerprint density at radius 2 is 2.09 bits per heavy atom. The van der Waals surface area contributed by atoms with E-state index in [1.165, 1.54) is 6.42 Å². The lowest BCUT2D eigenvalue weighted by atomic mass is 9.97. The Balaban J connectivity index is 1.69. The van der Waals surface area contributed by atoms with Crippen LogP contribution in [0, 0.1) is 17.8 Å². The topological polar surface area (TPSA) is 73.5 Å². The molecule has 2 atom stereocenters. The molecule has 0 aromatic rings. The van der Waals surface area contributed by atoms with Crippen LogP contribution in [-0.4, -0.2) is 56.1 Å². The molecule has 2 heterocycles. The van der Waals surface area contributed by atoms with Gasteiger partial charge in [-0.2, -0.15) is 0 Å². The van der Waals surface area contributed by atoms with Crippen molar-refractivity contribution in [2.24, 2.45) is 17.8 Å². The van der Waals surface area contributed by atoms with Crippen LogP contribution in [0.15, 0.2) is 0 Å². The largest absolute Gasteiger partial charge is 0.356 e. The summed E-state index contributed by atoms with van der Waals surface area (Å²) in [5, 5.41) is 9.35. The van der Waals surface area contributed by atoms with Gasteiger partial charge in [0.1, 0.15) is 0 Å². The van der Waals surface area contributed by atoms with Crippen LogP contribution in [0.4, 0.5) is 4.79 Å². The van der Waals surface area contributed by atoms with Crippen LogP contribution in [0.2, 0.25) is 0 Å². The van der Waals surface area contributed by atoms with Crippen LogP contribution in [0.3, 0.4) is 0 Å². The lowest BCUT2D eigenvalue weighted by Crippen LogP contribution is -2.49. The number of amides is 3. The highest BCUT2D eigenvalue weighted by molar-refractivity contribution is 5.80. The monoisotopic (exact) mass is 324 g/mol. The van der Waals surface area contributed by atoms with E-state index in [2.05, 4.69) is 29.8 Å². The molecule has 0 bridgehead atoms. The number of carbonyl (C=O) groups excluding carboxylic acids is 2. The number of hydrogen-bond donors (Lipinski definition) is 3. The number of hydrogen-bond acceptors (Lipinski definition) is 3. The molecule has 2 aliphatic rings. The molecule has 0 radical (unpaired) electrons. The normalized spacial score (nSPS) is 24.7. The van der Waals surface area contributed by atoms with Gasteiger partial charge in [0, 0.05) is 26.2 Å². The zero-order chi connectivity index (χ0) is 16.7. The Morgan fingerprint density at radius 1 is 1.26 bits per heavy atom. The molecule has 23 heavy (non-hydrogen) atoms. The van der Waals surface area contributed by atoms with Crippen LogP contribution in [0.25, 0.3) is 0 Å². The van der Waals surface area contributed by atoms with Gasteiger partial charge in [-0.05, 0) is 50.6 Å². The molecule has 2 unspecified atom stereocenters. The molecule has 3 N–H and O–H groups in total. The first-order chi connectivity index (χ1) is 11.1. The van der Waals surface area contributed by atoms with E-state index in [4.69, 9.17) is 0 Å². The second-order valence-electron chi connectivity index (χ2n) is 7.30. The summed E-state index contributed by atoms with van der Waals surface area (Å²) >= 11 is 0. The molecule has 3 amide bonds. The standard InChI is InChI=1S/C17H32N4O2/c1-13(2)10-20-17(23)21-9-3-4-15(12-21)16(22)19-8-6-14-5-7-18-11-14/h13-15,18H,3-12H2,1-2H3,(H,19,22)(H,20,23). The smallest absolute Gasteiger partial charge is 0.317 e. The first kappa shape index (κ1) is 18.0. The third-order valence-corrected chi connectivity index (χ3v) is 4.76. The van der Waals surface area contributed by atoms with Crippen molar-refractivity contribution in [3.05, 3.63) is 0 Å². The number of nitrogens with one attached hydrogen (secondary N) is 3. The van der Waals surface area contributed by atoms with Crippen molar-refractivity contribution in [3.63, 3.8) is 0 Å². The SMILES string of the molecule is CC(C)CNC(=O)N1CCCC(C(=O)NCCC2CCNC2)C1. The highest BCUT2D eigenvalue weighted by Gasteiger charge is 2.28. The Bertz CT molecular complexity index is 394. The van der Waals surface area contributed by atoms with Crippen molar-refractivity contribution in [1.29, 1.82) is 0 Å². The van der Waals surface area contributed by atoms with E-state index in [0.717, 1.165) is 45.4 Å². The van der Waals surface area contributed by atoms with Crippen LogP contribution < -0.4 is 16.0 Å². The van der Waals surface area contributed by atoms with E-state index in [-0.39, 0.29) is 17.9 Å². The molecule has 132 valence electrons. The van der Waals surface area contributed by atoms with Crippen molar-refractivity contribution >= 4 is 11.9 Å². The summed E-state index contributed by atoms with van der Waals surface area (Å²) in [5.74, 6) is 1.18. The fraction of sp³-hybridized carbons (Fsp3) is 0.882.